The second kappa shape index (κ2) is 5.83. The summed E-state index contributed by atoms with van der Waals surface area (Å²) in [7, 11) is 0. The summed E-state index contributed by atoms with van der Waals surface area (Å²) in [6.07, 6.45) is 2.49. The molecule has 0 fully saturated rings. The molecule has 0 amide bonds. The molecule has 0 aliphatic heterocycles. The highest BCUT2D eigenvalue weighted by atomic mass is 14.9. The number of hydrogen-bond donors (Lipinski definition) is 1. The summed E-state index contributed by atoms with van der Waals surface area (Å²) in [5.74, 6) is 0. The molecule has 2 rings (SSSR count). The van der Waals surface area contributed by atoms with Crippen LogP contribution in [0.1, 0.15) is 38.3 Å². The molecular weight excluding hydrogens is 206 g/mol. The molecule has 2 aromatic rings. The van der Waals surface area contributed by atoms with Crippen LogP contribution in [0, 0.1) is 0 Å². The molecule has 2 aromatic carbocycles. The first-order chi connectivity index (χ1) is 8.33. The topological polar surface area (TPSA) is 12.0 Å². The normalized spacial score (nSPS) is 12.8. The van der Waals surface area contributed by atoms with Crippen molar-refractivity contribution in [3.8, 4) is 0 Å². The van der Waals surface area contributed by atoms with Crippen molar-refractivity contribution in [1.29, 1.82) is 0 Å². The lowest BCUT2D eigenvalue weighted by molar-refractivity contribution is 0.557. The van der Waals surface area contributed by atoms with Crippen molar-refractivity contribution in [2.45, 2.75) is 32.7 Å². The van der Waals surface area contributed by atoms with Crippen LogP contribution in [0.3, 0.4) is 0 Å². The monoisotopic (exact) mass is 227 g/mol. The van der Waals surface area contributed by atoms with E-state index in [2.05, 4.69) is 61.6 Å². The van der Waals surface area contributed by atoms with Crippen molar-refractivity contribution in [3.63, 3.8) is 0 Å². The van der Waals surface area contributed by atoms with Crippen LogP contribution in [-0.2, 0) is 0 Å². The lowest BCUT2D eigenvalue weighted by atomic mass is 10.00. The van der Waals surface area contributed by atoms with E-state index in [0.29, 0.717) is 6.04 Å². The Kier molecular flexibility index (Phi) is 4.16. The minimum Gasteiger partial charge on any atom is -0.310 e. The fraction of sp³-hybridized carbons (Fsp3) is 0.375. The zero-order valence-electron chi connectivity index (χ0n) is 10.7. The van der Waals surface area contributed by atoms with Gasteiger partial charge in [-0.05, 0) is 36.2 Å². The first-order valence-electron chi connectivity index (χ1n) is 6.54. The molecule has 0 spiro atoms. The number of fused-ring (bicyclic) bond motifs is 1. The molecular formula is C16H21N. The number of benzene rings is 2. The Balaban J connectivity index is 2.22. The van der Waals surface area contributed by atoms with Crippen LogP contribution in [0.2, 0.25) is 0 Å². The molecule has 0 bridgehead atoms. The highest BCUT2D eigenvalue weighted by molar-refractivity contribution is 5.86. The van der Waals surface area contributed by atoms with E-state index >= 15 is 0 Å². The van der Waals surface area contributed by atoms with Gasteiger partial charge >= 0.3 is 0 Å². The van der Waals surface area contributed by atoms with Gasteiger partial charge in [-0.2, -0.15) is 0 Å². The molecule has 0 saturated heterocycles. The van der Waals surface area contributed by atoms with Gasteiger partial charge in [0.05, 0.1) is 0 Å². The largest absolute Gasteiger partial charge is 0.310 e. The molecule has 1 nitrogen and oxygen atoms in total. The third-order valence-electron chi connectivity index (χ3n) is 3.27. The maximum atomic E-state index is 3.59. The maximum Gasteiger partial charge on any atom is 0.0297 e. The van der Waals surface area contributed by atoms with E-state index in [1.807, 2.05) is 0 Å². The number of nitrogens with one attached hydrogen (secondary N) is 1. The van der Waals surface area contributed by atoms with Gasteiger partial charge in [0.15, 0.2) is 0 Å². The van der Waals surface area contributed by atoms with E-state index in [9.17, 15) is 0 Å². The van der Waals surface area contributed by atoms with Gasteiger partial charge in [0.1, 0.15) is 0 Å². The third kappa shape index (κ3) is 2.86. The zero-order chi connectivity index (χ0) is 12.1. The van der Waals surface area contributed by atoms with Gasteiger partial charge in [0, 0.05) is 6.04 Å². The summed E-state index contributed by atoms with van der Waals surface area (Å²) in [5.41, 5.74) is 1.40. The second-order valence-electron chi connectivity index (χ2n) is 4.60. The molecule has 0 heterocycles. The average molecular weight is 227 g/mol. The van der Waals surface area contributed by atoms with Crippen LogP contribution in [0.25, 0.3) is 10.8 Å². The maximum absolute atomic E-state index is 3.59. The molecule has 1 atom stereocenters. The highest BCUT2D eigenvalue weighted by Crippen LogP contribution is 2.23. The zero-order valence-corrected chi connectivity index (χ0v) is 10.7. The molecule has 1 N–H and O–H groups in total. The smallest absolute Gasteiger partial charge is 0.0297 e. The fourth-order valence-electron chi connectivity index (χ4n) is 2.23. The van der Waals surface area contributed by atoms with Gasteiger partial charge in [0.2, 0.25) is 0 Å². The SMILES string of the molecule is CCCCN[C@@H](C)c1cccc2ccccc12. The summed E-state index contributed by atoms with van der Waals surface area (Å²) < 4.78 is 0. The van der Waals surface area contributed by atoms with E-state index in [1.54, 1.807) is 0 Å². The lowest BCUT2D eigenvalue weighted by Gasteiger charge is -2.16. The molecule has 0 aliphatic carbocycles. The van der Waals surface area contributed by atoms with E-state index in [0.717, 1.165) is 6.54 Å². The predicted molar refractivity (Wildman–Crippen MR) is 75.3 cm³/mol. The summed E-state index contributed by atoms with van der Waals surface area (Å²) in [4.78, 5) is 0. The minimum absolute atomic E-state index is 0.424. The highest BCUT2D eigenvalue weighted by Gasteiger charge is 2.07. The van der Waals surface area contributed by atoms with E-state index in [4.69, 9.17) is 0 Å². The van der Waals surface area contributed by atoms with Gasteiger partial charge < -0.3 is 5.32 Å². The van der Waals surface area contributed by atoms with Crippen LogP contribution < -0.4 is 5.32 Å². The Morgan fingerprint density at radius 1 is 1.06 bits per heavy atom. The van der Waals surface area contributed by atoms with Gasteiger partial charge in [-0.25, -0.2) is 0 Å². The third-order valence-corrected chi connectivity index (χ3v) is 3.27. The van der Waals surface area contributed by atoms with Crippen LogP contribution >= 0.6 is 0 Å². The van der Waals surface area contributed by atoms with Gasteiger partial charge in [-0.15, -0.1) is 0 Å². The molecule has 1 heteroatoms. The second-order valence-corrected chi connectivity index (χ2v) is 4.60. The van der Waals surface area contributed by atoms with E-state index < -0.39 is 0 Å². The Bertz CT molecular complexity index is 470. The van der Waals surface area contributed by atoms with Crippen molar-refractivity contribution in [3.05, 3.63) is 48.0 Å². The van der Waals surface area contributed by atoms with Crippen LogP contribution in [0.15, 0.2) is 42.5 Å². The first-order valence-corrected chi connectivity index (χ1v) is 6.54. The average Bonchev–Trinajstić information content (AvgIpc) is 2.38. The van der Waals surface area contributed by atoms with Crippen molar-refractivity contribution in [2.75, 3.05) is 6.54 Å². The van der Waals surface area contributed by atoms with Crippen molar-refractivity contribution < 1.29 is 0 Å². The molecule has 17 heavy (non-hydrogen) atoms. The molecule has 0 aromatic heterocycles. The predicted octanol–water partition coefficient (Wildman–Crippen LogP) is 4.29. The van der Waals surface area contributed by atoms with Gasteiger partial charge in [-0.1, -0.05) is 55.8 Å². The van der Waals surface area contributed by atoms with Crippen molar-refractivity contribution >= 4 is 10.8 Å². The Labute approximate surface area is 104 Å². The van der Waals surface area contributed by atoms with Crippen molar-refractivity contribution in [2.24, 2.45) is 0 Å². The van der Waals surface area contributed by atoms with Crippen LogP contribution in [0.4, 0.5) is 0 Å². The van der Waals surface area contributed by atoms with Crippen LogP contribution in [0.5, 0.6) is 0 Å². The molecule has 0 saturated carbocycles. The quantitative estimate of drug-likeness (QED) is 0.751. The number of unbranched alkanes of at least 4 members (excludes halogenated alkanes) is 1. The standard InChI is InChI=1S/C16H21N/c1-3-4-12-17-13(2)15-11-7-9-14-8-5-6-10-16(14)15/h5-11,13,17H,3-4,12H2,1-2H3/t13-/m0/s1. The fourth-order valence-corrected chi connectivity index (χ4v) is 2.23. The summed E-state index contributed by atoms with van der Waals surface area (Å²) >= 11 is 0. The Hall–Kier alpha value is -1.34. The molecule has 0 unspecified atom stereocenters. The van der Waals surface area contributed by atoms with Gasteiger partial charge in [-0.3, -0.25) is 0 Å². The molecule has 0 radical (unpaired) electrons. The van der Waals surface area contributed by atoms with E-state index in [-0.39, 0.29) is 0 Å². The minimum atomic E-state index is 0.424. The number of rotatable bonds is 5. The van der Waals surface area contributed by atoms with Gasteiger partial charge in [0.25, 0.3) is 0 Å². The molecule has 0 aliphatic rings. The van der Waals surface area contributed by atoms with E-state index in [1.165, 1.54) is 29.2 Å². The summed E-state index contributed by atoms with van der Waals surface area (Å²) in [6, 6.07) is 15.6. The summed E-state index contributed by atoms with van der Waals surface area (Å²) in [6.45, 7) is 5.57. The Morgan fingerprint density at radius 3 is 2.65 bits per heavy atom. The Morgan fingerprint density at radius 2 is 1.82 bits per heavy atom. The molecule has 90 valence electrons. The lowest BCUT2D eigenvalue weighted by Crippen LogP contribution is -2.19. The first kappa shape index (κ1) is 12.1. The summed E-state index contributed by atoms with van der Waals surface area (Å²) in [5, 5.41) is 6.29. The number of hydrogen-bond acceptors (Lipinski definition) is 1. The van der Waals surface area contributed by atoms with Crippen LogP contribution in [-0.4, -0.2) is 6.54 Å². The van der Waals surface area contributed by atoms with Crippen molar-refractivity contribution in [1.82, 2.24) is 5.32 Å².